The zero-order chi connectivity index (χ0) is 20.9. The van der Waals surface area contributed by atoms with E-state index in [1.54, 1.807) is 12.4 Å². The number of hydrogen-bond donors (Lipinski definition) is 2. The Kier molecular flexibility index (Phi) is 6.42. The number of benzene rings is 1. The van der Waals surface area contributed by atoms with Gasteiger partial charge in [0.2, 0.25) is 0 Å². The van der Waals surface area contributed by atoms with Crippen LogP contribution in [0, 0.1) is 6.92 Å². The number of rotatable bonds is 6. The minimum absolute atomic E-state index is 0.311. The number of nitrogens with one attached hydrogen (secondary N) is 2. The van der Waals surface area contributed by atoms with E-state index in [0.717, 1.165) is 28.8 Å². The standard InChI is InChI=1S/C21H24F3N3O2/c1-15-13-25-9-6-17(15)7-10-26-19(28)27-20(8-11-29-14-20)12-16-2-4-18(5-3-16)21(22,23)24/h2-6,9,13H,7-8,10-12,14H2,1H3,(H2,26,27,28). The molecule has 0 bridgehead atoms. The van der Waals surface area contributed by atoms with E-state index < -0.39 is 17.3 Å². The van der Waals surface area contributed by atoms with Gasteiger partial charge < -0.3 is 15.4 Å². The van der Waals surface area contributed by atoms with Crippen LogP contribution in [-0.4, -0.2) is 36.3 Å². The first-order valence-electron chi connectivity index (χ1n) is 9.47. The maximum absolute atomic E-state index is 12.7. The maximum Gasteiger partial charge on any atom is 0.416 e. The summed E-state index contributed by atoms with van der Waals surface area (Å²) in [5.41, 5.74) is 1.59. The van der Waals surface area contributed by atoms with Crippen LogP contribution in [0.2, 0.25) is 0 Å². The van der Waals surface area contributed by atoms with E-state index in [1.165, 1.54) is 12.1 Å². The lowest BCUT2D eigenvalue weighted by Gasteiger charge is -2.29. The van der Waals surface area contributed by atoms with E-state index in [0.29, 0.717) is 39.0 Å². The van der Waals surface area contributed by atoms with Crippen LogP contribution in [0.3, 0.4) is 0 Å². The van der Waals surface area contributed by atoms with Gasteiger partial charge in [0, 0.05) is 25.5 Å². The zero-order valence-electron chi connectivity index (χ0n) is 16.2. The number of hydrogen-bond acceptors (Lipinski definition) is 3. The SMILES string of the molecule is Cc1cnccc1CCNC(=O)NC1(Cc2ccc(C(F)(F)F)cc2)CCOC1. The maximum atomic E-state index is 12.7. The zero-order valence-corrected chi connectivity index (χ0v) is 16.2. The van der Waals surface area contributed by atoms with Crippen LogP contribution in [0.15, 0.2) is 42.7 Å². The quantitative estimate of drug-likeness (QED) is 0.768. The number of alkyl halides is 3. The molecule has 29 heavy (non-hydrogen) atoms. The summed E-state index contributed by atoms with van der Waals surface area (Å²) in [7, 11) is 0. The van der Waals surface area contributed by atoms with Crippen molar-refractivity contribution in [3.63, 3.8) is 0 Å². The monoisotopic (exact) mass is 407 g/mol. The van der Waals surface area contributed by atoms with Crippen LogP contribution in [-0.2, 0) is 23.8 Å². The molecule has 2 aromatic rings. The number of ether oxygens (including phenoxy) is 1. The molecule has 1 aromatic carbocycles. The first kappa shape index (κ1) is 21.1. The summed E-state index contributed by atoms with van der Waals surface area (Å²) < 4.78 is 43.7. The molecule has 8 heteroatoms. The lowest BCUT2D eigenvalue weighted by atomic mass is 9.89. The molecule has 156 valence electrons. The smallest absolute Gasteiger partial charge is 0.379 e. The van der Waals surface area contributed by atoms with Crippen LogP contribution in [0.25, 0.3) is 0 Å². The van der Waals surface area contributed by atoms with Crippen molar-refractivity contribution < 1.29 is 22.7 Å². The van der Waals surface area contributed by atoms with Crippen LogP contribution in [0.5, 0.6) is 0 Å². The molecule has 1 unspecified atom stereocenters. The summed E-state index contributed by atoms with van der Waals surface area (Å²) in [6.07, 6.45) is 0.830. The molecule has 0 spiro atoms. The van der Waals surface area contributed by atoms with Gasteiger partial charge in [-0.15, -0.1) is 0 Å². The molecule has 1 atom stereocenters. The van der Waals surface area contributed by atoms with Crippen LogP contribution >= 0.6 is 0 Å². The van der Waals surface area contributed by atoms with Crippen molar-refractivity contribution in [1.29, 1.82) is 0 Å². The Bertz CT molecular complexity index is 832. The van der Waals surface area contributed by atoms with Gasteiger partial charge in [-0.1, -0.05) is 12.1 Å². The third kappa shape index (κ3) is 5.69. The van der Waals surface area contributed by atoms with Gasteiger partial charge in [-0.25, -0.2) is 4.79 Å². The van der Waals surface area contributed by atoms with E-state index >= 15 is 0 Å². The minimum Gasteiger partial charge on any atom is -0.379 e. The molecule has 0 radical (unpaired) electrons. The summed E-state index contributed by atoms with van der Waals surface area (Å²) in [5, 5.41) is 5.83. The molecule has 1 saturated heterocycles. The fraction of sp³-hybridized carbons (Fsp3) is 0.429. The van der Waals surface area contributed by atoms with Gasteiger partial charge in [-0.3, -0.25) is 4.98 Å². The fourth-order valence-corrected chi connectivity index (χ4v) is 3.47. The Hall–Kier alpha value is -2.61. The number of amides is 2. The van der Waals surface area contributed by atoms with Crippen LogP contribution < -0.4 is 10.6 Å². The lowest BCUT2D eigenvalue weighted by molar-refractivity contribution is -0.137. The van der Waals surface area contributed by atoms with Crippen molar-refractivity contribution in [2.24, 2.45) is 0 Å². The van der Waals surface area contributed by atoms with Crippen LogP contribution in [0.1, 0.15) is 28.7 Å². The van der Waals surface area contributed by atoms with E-state index in [2.05, 4.69) is 15.6 Å². The topological polar surface area (TPSA) is 63.2 Å². The average molecular weight is 407 g/mol. The average Bonchev–Trinajstić information content (AvgIpc) is 3.11. The van der Waals surface area contributed by atoms with Crippen molar-refractivity contribution in [3.8, 4) is 0 Å². The van der Waals surface area contributed by atoms with Gasteiger partial charge in [0.25, 0.3) is 0 Å². The van der Waals surface area contributed by atoms with Crippen molar-refractivity contribution >= 4 is 6.03 Å². The third-order valence-corrected chi connectivity index (χ3v) is 5.12. The molecule has 0 aliphatic carbocycles. The van der Waals surface area contributed by atoms with Crippen molar-refractivity contribution in [2.75, 3.05) is 19.8 Å². The highest BCUT2D eigenvalue weighted by atomic mass is 19.4. The lowest BCUT2D eigenvalue weighted by Crippen LogP contribution is -2.54. The predicted octanol–water partition coefficient (Wildman–Crippen LogP) is 3.65. The highest BCUT2D eigenvalue weighted by molar-refractivity contribution is 5.75. The Morgan fingerprint density at radius 1 is 1.24 bits per heavy atom. The van der Waals surface area contributed by atoms with Gasteiger partial charge in [0.15, 0.2) is 0 Å². The van der Waals surface area contributed by atoms with Crippen molar-refractivity contribution in [2.45, 2.75) is 37.9 Å². The molecular formula is C21H24F3N3O2. The number of carbonyl (C=O) groups is 1. The summed E-state index contributed by atoms with van der Waals surface area (Å²) in [4.78, 5) is 16.5. The second-order valence-electron chi connectivity index (χ2n) is 7.39. The molecule has 2 N–H and O–H groups in total. The molecular weight excluding hydrogens is 383 g/mol. The number of carbonyl (C=O) groups excluding carboxylic acids is 1. The number of halogens is 3. The number of pyridine rings is 1. The summed E-state index contributed by atoms with van der Waals surface area (Å²) in [5.74, 6) is 0. The van der Waals surface area contributed by atoms with E-state index in [1.807, 2.05) is 13.0 Å². The Balaban J connectivity index is 1.57. The minimum atomic E-state index is -4.36. The van der Waals surface area contributed by atoms with E-state index in [9.17, 15) is 18.0 Å². The molecule has 2 heterocycles. The van der Waals surface area contributed by atoms with Gasteiger partial charge in [-0.2, -0.15) is 13.2 Å². The molecule has 1 aliphatic rings. The van der Waals surface area contributed by atoms with Crippen molar-refractivity contribution in [1.82, 2.24) is 15.6 Å². The number of urea groups is 1. The molecule has 5 nitrogen and oxygen atoms in total. The van der Waals surface area contributed by atoms with Gasteiger partial charge in [0.05, 0.1) is 17.7 Å². The molecule has 3 rings (SSSR count). The largest absolute Gasteiger partial charge is 0.416 e. The molecule has 2 amide bonds. The molecule has 1 fully saturated rings. The Morgan fingerprint density at radius 2 is 2.00 bits per heavy atom. The predicted molar refractivity (Wildman–Crippen MR) is 103 cm³/mol. The summed E-state index contributed by atoms with van der Waals surface area (Å²) in [6.45, 7) is 3.26. The third-order valence-electron chi connectivity index (χ3n) is 5.12. The Labute approximate surface area is 167 Å². The van der Waals surface area contributed by atoms with Gasteiger partial charge in [-0.05, 0) is 61.1 Å². The summed E-state index contributed by atoms with van der Waals surface area (Å²) >= 11 is 0. The number of nitrogens with zero attached hydrogens (tertiary/aromatic N) is 1. The molecule has 1 aliphatic heterocycles. The second-order valence-corrected chi connectivity index (χ2v) is 7.39. The molecule has 0 saturated carbocycles. The van der Waals surface area contributed by atoms with Crippen molar-refractivity contribution in [3.05, 3.63) is 65.0 Å². The molecule has 1 aromatic heterocycles. The number of aryl methyl sites for hydroxylation is 1. The normalized spacial score (nSPS) is 19.2. The van der Waals surface area contributed by atoms with Crippen LogP contribution in [0.4, 0.5) is 18.0 Å². The fourth-order valence-electron chi connectivity index (χ4n) is 3.47. The summed E-state index contributed by atoms with van der Waals surface area (Å²) in [6, 6.07) is 6.65. The Morgan fingerprint density at radius 3 is 2.62 bits per heavy atom. The second kappa shape index (κ2) is 8.82. The van der Waals surface area contributed by atoms with Gasteiger partial charge in [0.1, 0.15) is 0 Å². The number of aromatic nitrogens is 1. The van der Waals surface area contributed by atoms with E-state index in [4.69, 9.17) is 4.74 Å². The van der Waals surface area contributed by atoms with E-state index in [-0.39, 0.29) is 6.03 Å². The highest BCUT2D eigenvalue weighted by Gasteiger charge is 2.37. The highest BCUT2D eigenvalue weighted by Crippen LogP contribution is 2.30. The first-order chi connectivity index (χ1) is 13.8. The van der Waals surface area contributed by atoms with Gasteiger partial charge >= 0.3 is 12.2 Å². The first-order valence-corrected chi connectivity index (χ1v) is 9.47.